The number of nitrogens with one attached hydrogen (secondary N) is 1. The fraction of sp³-hybridized carbons (Fsp3) is 0.455. The van der Waals surface area contributed by atoms with Crippen LogP contribution in [0.5, 0.6) is 0 Å². The van der Waals surface area contributed by atoms with Crippen LogP contribution in [0.15, 0.2) is 18.2 Å². The van der Waals surface area contributed by atoms with E-state index in [1.807, 2.05) is 19.9 Å². The Balaban J connectivity index is 2.79. The van der Waals surface area contributed by atoms with E-state index in [-0.39, 0.29) is 12.6 Å². The van der Waals surface area contributed by atoms with Crippen LogP contribution in [0.3, 0.4) is 0 Å². The number of halogens is 1. The minimum Gasteiger partial charge on any atom is -0.397 e. The number of rotatable bonds is 4. The normalized spacial score (nSPS) is 12.9. The smallest absolute Gasteiger partial charge is 0.0635 e. The number of hydrogen-bond acceptors (Lipinski definition) is 3. The summed E-state index contributed by atoms with van der Waals surface area (Å²) in [5.74, 6) is 0.338. The third kappa shape index (κ3) is 3.29. The number of nitrogen functional groups attached to an aromatic ring is 1. The summed E-state index contributed by atoms with van der Waals surface area (Å²) in [5.41, 5.74) is 7.21. The molecule has 0 aliphatic rings. The molecule has 0 fully saturated rings. The molecule has 0 aliphatic heterocycles. The SMILES string of the molecule is CC(C)[C@@H](CO)Nc1ccc(Cl)cc1N. The van der Waals surface area contributed by atoms with E-state index in [1.54, 1.807) is 12.1 Å². The van der Waals surface area contributed by atoms with Gasteiger partial charge in [-0.1, -0.05) is 25.4 Å². The van der Waals surface area contributed by atoms with Gasteiger partial charge in [0.1, 0.15) is 0 Å². The predicted molar refractivity (Wildman–Crippen MR) is 65.2 cm³/mol. The minimum absolute atomic E-state index is 0.00785. The molecule has 1 aromatic rings. The summed E-state index contributed by atoms with van der Waals surface area (Å²) in [6.07, 6.45) is 0. The fourth-order valence-corrected chi connectivity index (χ4v) is 1.47. The molecule has 0 saturated carbocycles. The molecule has 0 heterocycles. The monoisotopic (exact) mass is 228 g/mol. The van der Waals surface area contributed by atoms with Gasteiger partial charge in [0, 0.05) is 5.02 Å². The predicted octanol–water partition coefficient (Wildman–Crippen LogP) is 2.35. The molecule has 1 aromatic carbocycles. The second-order valence-electron chi connectivity index (χ2n) is 3.91. The Bertz CT molecular complexity index is 328. The van der Waals surface area contributed by atoms with Gasteiger partial charge in [0.2, 0.25) is 0 Å². The van der Waals surface area contributed by atoms with E-state index in [2.05, 4.69) is 5.32 Å². The molecule has 0 spiro atoms. The second-order valence-corrected chi connectivity index (χ2v) is 4.35. The van der Waals surface area contributed by atoms with Crippen molar-refractivity contribution in [1.82, 2.24) is 0 Å². The van der Waals surface area contributed by atoms with Crippen molar-refractivity contribution in [3.05, 3.63) is 23.2 Å². The van der Waals surface area contributed by atoms with Gasteiger partial charge < -0.3 is 16.2 Å². The van der Waals surface area contributed by atoms with Crippen molar-refractivity contribution in [2.45, 2.75) is 19.9 Å². The first-order valence-electron chi connectivity index (χ1n) is 4.97. The molecule has 0 saturated heterocycles. The lowest BCUT2D eigenvalue weighted by Gasteiger charge is -2.22. The number of hydrogen-bond donors (Lipinski definition) is 3. The van der Waals surface area contributed by atoms with E-state index < -0.39 is 0 Å². The molecule has 0 bridgehead atoms. The lowest BCUT2D eigenvalue weighted by atomic mass is 10.0. The van der Waals surface area contributed by atoms with Crippen LogP contribution in [0.2, 0.25) is 5.02 Å². The van der Waals surface area contributed by atoms with Crippen LogP contribution < -0.4 is 11.1 Å². The van der Waals surface area contributed by atoms with Gasteiger partial charge in [-0.25, -0.2) is 0 Å². The van der Waals surface area contributed by atoms with Crippen LogP contribution in [0, 0.1) is 5.92 Å². The molecule has 1 atom stereocenters. The van der Waals surface area contributed by atoms with Gasteiger partial charge in [-0.3, -0.25) is 0 Å². The van der Waals surface area contributed by atoms with E-state index in [9.17, 15) is 5.11 Å². The number of anilines is 2. The minimum atomic E-state index is 0.00785. The van der Waals surface area contributed by atoms with Crippen molar-refractivity contribution in [2.75, 3.05) is 17.7 Å². The fourth-order valence-electron chi connectivity index (χ4n) is 1.29. The van der Waals surface area contributed by atoms with Crippen molar-refractivity contribution in [3.63, 3.8) is 0 Å². The maximum Gasteiger partial charge on any atom is 0.0635 e. The van der Waals surface area contributed by atoms with Crippen LogP contribution >= 0.6 is 11.6 Å². The molecule has 4 N–H and O–H groups in total. The summed E-state index contributed by atoms with van der Waals surface area (Å²) in [5, 5.41) is 13.0. The van der Waals surface area contributed by atoms with Gasteiger partial charge in [-0.05, 0) is 24.1 Å². The molecule has 1 rings (SSSR count). The van der Waals surface area contributed by atoms with E-state index in [1.165, 1.54) is 0 Å². The lowest BCUT2D eigenvalue weighted by Crippen LogP contribution is -2.29. The quantitative estimate of drug-likeness (QED) is 0.694. The largest absolute Gasteiger partial charge is 0.397 e. The molecule has 3 nitrogen and oxygen atoms in total. The Labute approximate surface area is 95.2 Å². The van der Waals surface area contributed by atoms with E-state index in [0.717, 1.165) is 5.69 Å². The molecule has 15 heavy (non-hydrogen) atoms. The highest BCUT2D eigenvalue weighted by molar-refractivity contribution is 6.31. The van der Waals surface area contributed by atoms with Crippen LogP contribution in [0.1, 0.15) is 13.8 Å². The van der Waals surface area contributed by atoms with Gasteiger partial charge in [0.25, 0.3) is 0 Å². The summed E-state index contributed by atoms with van der Waals surface area (Å²) in [6.45, 7) is 4.17. The summed E-state index contributed by atoms with van der Waals surface area (Å²) >= 11 is 5.79. The van der Waals surface area contributed by atoms with Gasteiger partial charge in [-0.15, -0.1) is 0 Å². The molecule has 0 radical (unpaired) electrons. The number of aliphatic hydroxyl groups is 1. The lowest BCUT2D eigenvalue weighted by molar-refractivity contribution is 0.249. The third-order valence-corrected chi connectivity index (χ3v) is 2.59. The zero-order valence-electron chi connectivity index (χ0n) is 9.00. The number of benzene rings is 1. The topological polar surface area (TPSA) is 58.3 Å². The number of nitrogens with two attached hydrogens (primary N) is 1. The Morgan fingerprint density at radius 3 is 2.60 bits per heavy atom. The van der Waals surface area contributed by atoms with Crippen LogP contribution in [0.4, 0.5) is 11.4 Å². The average molecular weight is 229 g/mol. The average Bonchev–Trinajstić information content (AvgIpc) is 2.16. The summed E-state index contributed by atoms with van der Waals surface area (Å²) in [4.78, 5) is 0. The zero-order chi connectivity index (χ0) is 11.4. The third-order valence-electron chi connectivity index (χ3n) is 2.36. The van der Waals surface area contributed by atoms with Crippen LogP contribution in [-0.4, -0.2) is 17.8 Å². The van der Waals surface area contributed by atoms with Crippen molar-refractivity contribution in [2.24, 2.45) is 5.92 Å². The first kappa shape index (κ1) is 12.1. The maximum absolute atomic E-state index is 9.17. The Hall–Kier alpha value is -0.930. The first-order valence-corrected chi connectivity index (χ1v) is 5.34. The molecule has 0 amide bonds. The molecule has 0 unspecified atom stereocenters. The van der Waals surface area contributed by atoms with Gasteiger partial charge in [0.15, 0.2) is 0 Å². The zero-order valence-corrected chi connectivity index (χ0v) is 9.75. The summed E-state index contributed by atoms with van der Waals surface area (Å²) in [6, 6.07) is 5.30. The van der Waals surface area contributed by atoms with Gasteiger partial charge in [0.05, 0.1) is 24.0 Å². The molecule has 0 aliphatic carbocycles. The molecule has 4 heteroatoms. The Morgan fingerprint density at radius 1 is 1.47 bits per heavy atom. The van der Waals surface area contributed by atoms with Crippen molar-refractivity contribution in [3.8, 4) is 0 Å². The van der Waals surface area contributed by atoms with E-state index in [0.29, 0.717) is 16.6 Å². The van der Waals surface area contributed by atoms with E-state index >= 15 is 0 Å². The van der Waals surface area contributed by atoms with E-state index in [4.69, 9.17) is 17.3 Å². The van der Waals surface area contributed by atoms with Crippen molar-refractivity contribution < 1.29 is 5.11 Å². The Kier molecular flexibility index (Phi) is 4.24. The summed E-state index contributed by atoms with van der Waals surface area (Å²) < 4.78 is 0. The highest BCUT2D eigenvalue weighted by atomic mass is 35.5. The summed E-state index contributed by atoms with van der Waals surface area (Å²) in [7, 11) is 0. The number of aliphatic hydroxyl groups excluding tert-OH is 1. The Morgan fingerprint density at radius 2 is 2.13 bits per heavy atom. The van der Waals surface area contributed by atoms with Gasteiger partial charge in [-0.2, -0.15) is 0 Å². The van der Waals surface area contributed by atoms with Crippen LogP contribution in [0.25, 0.3) is 0 Å². The standard InChI is InChI=1S/C11H17ClN2O/c1-7(2)11(6-15)14-10-4-3-8(12)5-9(10)13/h3-5,7,11,14-15H,6,13H2,1-2H3/t11-/m1/s1. The molecule has 84 valence electrons. The molecule has 0 aromatic heterocycles. The van der Waals surface area contributed by atoms with Gasteiger partial charge >= 0.3 is 0 Å². The highest BCUT2D eigenvalue weighted by Crippen LogP contribution is 2.24. The highest BCUT2D eigenvalue weighted by Gasteiger charge is 2.12. The second kappa shape index (κ2) is 5.24. The molecular formula is C11H17ClN2O. The van der Waals surface area contributed by atoms with Crippen LogP contribution in [-0.2, 0) is 0 Å². The van der Waals surface area contributed by atoms with Crippen molar-refractivity contribution in [1.29, 1.82) is 0 Å². The van der Waals surface area contributed by atoms with Crippen molar-refractivity contribution >= 4 is 23.0 Å². The maximum atomic E-state index is 9.17. The first-order chi connectivity index (χ1) is 7.04. The molecular weight excluding hydrogens is 212 g/mol.